The molecule has 0 atom stereocenters. The van der Waals surface area contributed by atoms with E-state index in [2.05, 4.69) is 24.0 Å². The molecule has 0 unspecified atom stereocenters. The van der Waals surface area contributed by atoms with Crippen LogP contribution in [0.3, 0.4) is 0 Å². The fraction of sp³-hybridized carbons (Fsp3) is 0.435. The van der Waals surface area contributed by atoms with Gasteiger partial charge in [0.15, 0.2) is 0 Å². The Morgan fingerprint density at radius 3 is 2.29 bits per heavy atom. The first kappa shape index (κ1) is 23.4. The van der Waals surface area contributed by atoms with Crippen LogP contribution < -0.4 is 0 Å². The van der Waals surface area contributed by atoms with Crippen molar-refractivity contribution in [2.24, 2.45) is 0 Å². The highest BCUT2D eigenvalue weighted by atomic mass is 32.2. The first-order valence-corrected chi connectivity index (χ1v) is 12.1. The molecular formula is C23H30FN3O3S. The number of hydrogen-bond donors (Lipinski definition) is 0. The molecule has 3 rings (SSSR count). The molecule has 0 saturated carbocycles. The number of amides is 1. The minimum atomic E-state index is -3.76. The maximum absolute atomic E-state index is 14.5. The molecular weight excluding hydrogens is 417 g/mol. The average Bonchev–Trinajstić information content (AvgIpc) is 2.76. The molecule has 1 heterocycles. The second kappa shape index (κ2) is 9.89. The van der Waals surface area contributed by atoms with Gasteiger partial charge in [-0.05, 0) is 36.2 Å². The molecule has 0 N–H and O–H groups in total. The molecule has 0 spiro atoms. The van der Waals surface area contributed by atoms with Crippen LogP contribution in [0.25, 0.3) is 0 Å². The van der Waals surface area contributed by atoms with Gasteiger partial charge in [0.25, 0.3) is 5.91 Å². The number of rotatable bonds is 7. The number of hydrogen-bond acceptors (Lipinski definition) is 4. The molecule has 31 heavy (non-hydrogen) atoms. The van der Waals surface area contributed by atoms with Crippen LogP contribution in [-0.4, -0.2) is 67.7 Å². The lowest BCUT2D eigenvalue weighted by molar-refractivity contribution is 0.0623. The quantitative estimate of drug-likeness (QED) is 0.654. The Hall–Kier alpha value is -2.29. The van der Waals surface area contributed by atoms with Crippen LogP contribution in [0.5, 0.6) is 0 Å². The molecule has 0 aromatic heterocycles. The van der Waals surface area contributed by atoms with Crippen LogP contribution in [0.1, 0.15) is 35.3 Å². The number of nitrogens with zero attached hydrogens (tertiary/aromatic N) is 3. The van der Waals surface area contributed by atoms with E-state index in [0.717, 1.165) is 12.6 Å². The number of carbonyl (C=O) groups excluding carboxylic acids is 1. The van der Waals surface area contributed by atoms with Crippen molar-refractivity contribution in [1.82, 2.24) is 14.1 Å². The van der Waals surface area contributed by atoms with Gasteiger partial charge in [0.1, 0.15) is 5.82 Å². The molecule has 2 aromatic carbocycles. The van der Waals surface area contributed by atoms with Gasteiger partial charge in [0.05, 0.1) is 10.5 Å². The van der Waals surface area contributed by atoms with E-state index in [1.54, 1.807) is 18.7 Å². The molecule has 2 aromatic rings. The van der Waals surface area contributed by atoms with Crippen molar-refractivity contribution in [3.8, 4) is 0 Å². The Labute approximate surface area is 184 Å². The minimum absolute atomic E-state index is 0.0564. The summed E-state index contributed by atoms with van der Waals surface area (Å²) in [6, 6.07) is 11.7. The van der Waals surface area contributed by atoms with Crippen molar-refractivity contribution in [3.05, 3.63) is 65.0 Å². The number of carbonyl (C=O) groups is 1. The second-order valence-electron chi connectivity index (χ2n) is 7.73. The highest BCUT2D eigenvalue weighted by Crippen LogP contribution is 2.21. The van der Waals surface area contributed by atoms with Crippen molar-refractivity contribution in [1.29, 1.82) is 0 Å². The summed E-state index contributed by atoms with van der Waals surface area (Å²) in [5.41, 5.74) is 2.29. The zero-order valence-electron chi connectivity index (χ0n) is 18.3. The van der Waals surface area contributed by atoms with Crippen molar-refractivity contribution in [3.63, 3.8) is 0 Å². The van der Waals surface area contributed by atoms with E-state index in [9.17, 15) is 17.6 Å². The lowest BCUT2D eigenvalue weighted by Crippen LogP contribution is -2.48. The summed E-state index contributed by atoms with van der Waals surface area (Å²) in [5, 5.41) is 0. The summed E-state index contributed by atoms with van der Waals surface area (Å²) in [7, 11) is -3.76. The lowest BCUT2D eigenvalue weighted by atomic mass is 10.1. The molecule has 0 radical (unpaired) electrons. The van der Waals surface area contributed by atoms with E-state index >= 15 is 0 Å². The molecule has 1 fully saturated rings. The predicted octanol–water partition coefficient (Wildman–Crippen LogP) is 3.12. The third-order valence-electron chi connectivity index (χ3n) is 5.83. The fourth-order valence-corrected chi connectivity index (χ4v) is 5.33. The van der Waals surface area contributed by atoms with Crippen LogP contribution in [-0.2, 0) is 16.6 Å². The summed E-state index contributed by atoms with van der Waals surface area (Å²) >= 11 is 0. The number of piperazine rings is 1. The number of sulfonamides is 1. The van der Waals surface area contributed by atoms with Crippen LogP contribution >= 0.6 is 0 Å². The smallest absolute Gasteiger partial charge is 0.256 e. The third kappa shape index (κ3) is 5.14. The molecule has 6 nitrogen and oxygen atoms in total. The molecule has 0 bridgehead atoms. The molecule has 1 aliphatic rings. The predicted molar refractivity (Wildman–Crippen MR) is 119 cm³/mol. The van der Waals surface area contributed by atoms with Crippen LogP contribution in [0.4, 0.5) is 4.39 Å². The zero-order chi connectivity index (χ0) is 22.6. The van der Waals surface area contributed by atoms with Gasteiger partial charge in [-0.3, -0.25) is 9.69 Å². The van der Waals surface area contributed by atoms with Gasteiger partial charge in [0, 0.05) is 45.8 Å². The van der Waals surface area contributed by atoms with Crippen molar-refractivity contribution in [2.45, 2.75) is 32.2 Å². The number of benzene rings is 2. The van der Waals surface area contributed by atoms with Gasteiger partial charge in [0.2, 0.25) is 10.0 Å². The highest BCUT2D eigenvalue weighted by Gasteiger charge is 2.28. The number of halogens is 1. The summed E-state index contributed by atoms with van der Waals surface area (Å²) in [4.78, 5) is 16.8. The maximum atomic E-state index is 14.5. The van der Waals surface area contributed by atoms with Gasteiger partial charge in [-0.25, -0.2) is 12.8 Å². The standard InChI is InChI=1S/C23H30FN3O3S/c1-4-27(5-2)31(29,30)20-10-11-22(24)21(16-20)23(28)26-14-12-25(13-15-26)17-19-9-7-6-8-18(19)3/h6-11,16H,4-5,12-15,17H2,1-3H3. The molecule has 1 amide bonds. The van der Waals surface area contributed by atoms with E-state index in [4.69, 9.17) is 0 Å². The van der Waals surface area contributed by atoms with Crippen molar-refractivity contribution < 1.29 is 17.6 Å². The summed E-state index contributed by atoms with van der Waals surface area (Å²) < 4.78 is 41.3. The van der Waals surface area contributed by atoms with E-state index < -0.39 is 21.7 Å². The minimum Gasteiger partial charge on any atom is -0.336 e. The van der Waals surface area contributed by atoms with E-state index in [-0.39, 0.29) is 10.5 Å². The second-order valence-corrected chi connectivity index (χ2v) is 9.66. The topological polar surface area (TPSA) is 60.9 Å². The monoisotopic (exact) mass is 447 g/mol. The molecule has 8 heteroatoms. The average molecular weight is 448 g/mol. The van der Waals surface area contributed by atoms with E-state index in [1.165, 1.54) is 27.6 Å². The fourth-order valence-electron chi connectivity index (χ4n) is 3.85. The van der Waals surface area contributed by atoms with Crippen molar-refractivity contribution in [2.75, 3.05) is 39.3 Å². The van der Waals surface area contributed by atoms with Crippen LogP contribution in [0.15, 0.2) is 47.4 Å². The van der Waals surface area contributed by atoms with Crippen molar-refractivity contribution >= 4 is 15.9 Å². The van der Waals surface area contributed by atoms with Gasteiger partial charge in [-0.2, -0.15) is 4.31 Å². The highest BCUT2D eigenvalue weighted by molar-refractivity contribution is 7.89. The Morgan fingerprint density at radius 1 is 1.03 bits per heavy atom. The lowest BCUT2D eigenvalue weighted by Gasteiger charge is -2.35. The summed E-state index contributed by atoms with van der Waals surface area (Å²) in [6.07, 6.45) is 0. The third-order valence-corrected chi connectivity index (χ3v) is 7.87. The van der Waals surface area contributed by atoms with E-state index in [1.807, 2.05) is 12.1 Å². The Morgan fingerprint density at radius 2 is 1.68 bits per heavy atom. The molecule has 1 saturated heterocycles. The Kier molecular flexibility index (Phi) is 7.46. The summed E-state index contributed by atoms with van der Waals surface area (Å²) in [5.74, 6) is -1.17. The number of aryl methyl sites for hydroxylation is 1. The SMILES string of the molecule is CCN(CC)S(=O)(=O)c1ccc(F)c(C(=O)N2CCN(Cc3ccccc3C)CC2)c1. The van der Waals surface area contributed by atoms with Gasteiger partial charge in [-0.1, -0.05) is 38.1 Å². The first-order valence-electron chi connectivity index (χ1n) is 10.6. The van der Waals surface area contributed by atoms with Crippen LogP contribution in [0, 0.1) is 12.7 Å². The Balaban J connectivity index is 1.72. The molecule has 168 valence electrons. The maximum Gasteiger partial charge on any atom is 0.256 e. The van der Waals surface area contributed by atoms with Crippen LogP contribution in [0.2, 0.25) is 0 Å². The van der Waals surface area contributed by atoms with E-state index in [0.29, 0.717) is 39.3 Å². The Bertz CT molecular complexity index is 1030. The van der Waals surface area contributed by atoms with Gasteiger partial charge in [-0.15, -0.1) is 0 Å². The molecule has 1 aliphatic heterocycles. The summed E-state index contributed by atoms with van der Waals surface area (Å²) in [6.45, 7) is 9.29. The van der Waals surface area contributed by atoms with Gasteiger partial charge < -0.3 is 4.90 Å². The normalized spacial score (nSPS) is 15.5. The first-order chi connectivity index (χ1) is 14.8. The molecule has 0 aliphatic carbocycles. The van der Waals surface area contributed by atoms with Gasteiger partial charge >= 0.3 is 0 Å². The zero-order valence-corrected chi connectivity index (χ0v) is 19.2. The largest absolute Gasteiger partial charge is 0.336 e.